The number of thioether (sulfide) groups is 2. The maximum atomic E-state index is 13.0. The van der Waals surface area contributed by atoms with Crippen LogP contribution in [0.3, 0.4) is 0 Å². The number of aliphatic hydroxyl groups excluding tert-OH is 1. The van der Waals surface area contributed by atoms with Gasteiger partial charge in [-0.1, -0.05) is 45.0 Å². The van der Waals surface area contributed by atoms with Crippen LogP contribution in [0.25, 0.3) is 0 Å². The molecule has 0 heterocycles. The highest BCUT2D eigenvalue weighted by Gasteiger charge is 2.43. The second kappa shape index (κ2) is 14.6. The van der Waals surface area contributed by atoms with Gasteiger partial charge in [-0.05, 0) is 24.5 Å². The Kier molecular flexibility index (Phi) is 12.9. The summed E-state index contributed by atoms with van der Waals surface area (Å²) in [6.07, 6.45) is 3.56. The average Bonchev–Trinajstić information content (AvgIpc) is 2.71. The molecule has 1 rings (SSSR count). The van der Waals surface area contributed by atoms with Crippen LogP contribution in [0.1, 0.15) is 46.5 Å². The number of esters is 1. The van der Waals surface area contributed by atoms with Crippen molar-refractivity contribution in [2.75, 3.05) is 31.0 Å². The number of aliphatic hydroxyl groups is 1. The number of hydrogen-bond donors (Lipinski definition) is 1. The number of ketones is 1. The fourth-order valence-corrected chi connectivity index (χ4v) is 5.44. The Morgan fingerprint density at radius 1 is 1.40 bits per heavy atom. The Balaban J connectivity index is 3.11. The second-order valence-electron chi connectivity index (χ2n) is 7.13. The van der Waals surface area contributed by atoms with Gasteiger partial charge >= 0.3 is 5.97 Å². The Morgan fingerprint density at radius 3 is 2.73 bits per heavy atom. The molecule has 6 nitrogen and oxygen atoms in total. The first-order chi connectivity index (χ1) is 14.4. The quantitative estimate of drug-likeness (QED) is 0.132. The van der Waals surface area contributed by atoms with E-state index in [4.69, 9.17) is 9.57 Å². The van der Waals surface area contributed by atoms with Crippen LogP contribution in [0.5, 0.6) is 0 Å². The number of allylic oxidation sites excluding steroid dienone is 1. The third kappa shape index (κ3) is 8.02. The van der Waals surface area contributed by atoms with E-state index < -0.39 is 11.9 Å². The van der Waals surface area contributed by atoms with Gasteiger partial charge in [0.1, 0.15) is 18.3 Å². The number of Topliss-reactive ketones (excluding diaryl/α,β-unsaturated/α-hetero) is 1. The van der Waals surface area contributed by atoms with Crippen molar-refractivity contribution in [3.63, 3.8) is 0 Å². The molecule has 3 unspecified atom stereocenters. The van der Waals surface area contributed by atoms with Crippen molar-refractivity contribution in [1.82, 2.24) is 0 Å². The topological polar surface area (TPSA) is 85.2 Å². The average molecular weight is 458 g/mol. The number of nitrogens with zero attached hydrogens (tertiary/aromatic N) is 1. The predicted molar refractivity (Wildman–Crippen MR) is 126 cm³/mol. The molecule has 0 saturated carbocycles. The largest absolute Gasteiger partial charge is 0.511 e. The van der Waals surface area contributed by atoms with Gasteiger partial charge < -0.3 is 14.7 Å². The van der Waals surface area contributed by atoms with Crippen LogP contribution >= 0.6 is 23.5 Å². The number of oxime groups is 1. The highest BCUT2D eigenvalue weighted by atomic mass is 32.2. The summed E-state index contributed by atoms with van der Waals surface area (Å²) in [4.78, 5) is 30.7. The lowest BCUT2D eigenvalue weighted by atomic mass is 9.74. The number of rotatable bonds is 14. The summed E-state index contributed by atoms with van der Waals surface area (Å²) < 4.78 is 4.97. The first-order valence-electron chi connectivity index (χ1n) is 10.4. The molecule has 0 aromatic carbocycles. The van der Waals surface area contributed by atoms with E-state index in [1.54, 1.807) is 6.08 Å². The normalized spacial score (nSPS) is 20.8. The molecule has 1 aliphatic carbocycles. The summed E-state index contributed by atoms with van der Waals surface area (Å²) in [6.45, 7) is 9.96. The molecule has 0 amide bonds. The van der Waals surface area contributed by atoms with Crippen molar-refractivity contribution in [2.45, 2.75) is 51.7 Å². The molecule has 0 radical (unpaired) electrons. The molecule has 0 aliphatic heterocycles. The van der Waals surface area contributed by atoms with E-state index in [0.29, 0.717) is 18.6 Å². The van der Waals surface area contributed by atoms with Gasteiger partial charge in [0.2, 0.25) is 0 Å². The van der Waals surface area contributed by atoms with Crippen molar-refractivity contribution in [1.29, 1.82) is 0 Å². The fourth-order valence-electron chi connectivity index (χ4n) is 3.51. The number of ether oxygens (including phenoxy) is 1. The monoisotopic (exact) mass is 457 g/mol. The van der Waals surface area contributed by atoms with E-state index in [9.17, 15) is 14.7 Å². The predicted octanol–water partition coefficient (Wildman–Crippen LogP) is 4.80. The van der Waals surface area contributed by atoms with Crippen LogP contribution in [-0.2, 0) is 19.2 Å². The Bertz CT molecular complexity index is 647. The minimum absolute atomic E-state index is 0.104. The van der Waals surface area contributed by atoms with E-state index in [1.807, 2.05) is 30.4 Å². The Labute approximate surface area is 188 Å². The summed E-state index contributed by atoms with van der Waals surface area (Å²) in [5, 5.41) is 15.3. The van der Waals surface area contributed by atoms with Gasteiger partial charge in [0.15, 0.2) is 5.78 Å². The zero-order chi connectivity index (χ0) is 22.5. The summed E-state index contributed by atoms with van der Waals surface area (Å²) in [7, 11) is 1.30. The highest BCUT2D eigenvalue weighted by Crippen LogP contribution is 2.38. The van der Waals surface area contributed by atoms with Gasteiger partial charge in [0, 0.05) is 23.2 Å². The molecule has 3 atom stereocenters. The Morgan fingerprint density at radius 2 is 2.13 bits per heavy atom. The van der Waals surface area contributed by atoms with Crippen molar-refractivity contribution in [2.24, 2.45) is 17.0 Å². The summed E-state index contributed by atoms with van der Waals surface area (Å²) in [5.74, 6) is 1.06. The lowest BCUT2D eigenvalue weighted by molar-refractivity contribution is -0.147. The molecular formula is C22H35NO5S2. The smallest absolute Gasteiger partial charge is 0.316 e. The molecule has 0 aromatic heterocycles. The molecular weight excluding hydrogens is 422 g/mol. The minimum Gasteiger partial charge on any atom is -0.511 e. The molecule has 30 heavy (non-hydrogen) atoms. The van der Waals surface area contributed by atoms with Gasteiger partial charge in [-0.25, -0.2) is 0 Å². The minimum atomic E-state index is -0.864. The molecule has 1 N–H and O–H groups in total. The number of carbonyl (C=O) groups is 2. The summed E-state index contributed by atoms with van der Waals surface area (Å²) in [6, 6.07) is 0. The number of hydrogen-bond acceptors (Lipinski definition) is 8. The SMILES string of the molecule is C=CCON=C(CCC)C1=C(O)C(C(=O)OC)C(CC(C)SCCSCC)CC1=O. The van der Waals surface area contributed by atoms with E-state index in [-0.39, 0.29) is 41.3 Å². The Hall–Kier alpha value is -1.41. The number of methoxy groups -OCH3 is 1. The third-order valence-electron chi connectivity index (χ3n) is 4.82. The number of carbonyl (C=O) groups excluding carboxylic acids is 2. The van der Waals surface area contributed by atoms with Crippen molar-refractivity contribution < 1.29 is 24.3 Å². The summed E-state index contributed by atoms with van der Waals surface area (Å²) in [5.41, 5.74) is 0.473. The fraction of sp³-hybridized carbons (Fsp3) is 0.682. The van der Waals surface area contributed by atoms with Crippen LogP contribution < -0.4 is 0 Å². The van der Waals surface area contributed by atoms with E-state index in [1.165, 1.54) is 7.11 Å². The van der Waals surface area contributed by atoms with Gasteiger partial charge in [0.05, 0.1) is 18.4 Å². The highest BCUT2D eigenvalue weighted by molar-refractivity contribution is 8.03. The maximum Gasteiger partial charge on any atom is 0.316 e. The van der Waals surface area contributed by atoms with E-state index in [0.717, 1.165) is 23.7 Å². The first kappa shape index (κ1) is 26.6. The lowest BCUT2D eigenvalue weighted by Gasteiger charge is -2.32. The second-order valence-corrected chi connectivity index (χ2v) is 10.1. The van der Waals surface area contributed by atoms with Gasteiger partial charge in [0.25, 0.3) is 0 Å². The van der Waals surface area contributed by atoms with Crippen LogP contribution in [0.2, 0.25) is 0 Å². The van der Waals surface area contributed by atoms with Crippen molar-refractivity contribution in [3.8, 4) is 0 Å². The van der Waals surface area contributed by atoms with Crippen LogP contribution in [0.4, 0.5) is 0 Å². The molecule has 8 heteroatoms. The molecule has 0 aromatic rings. The molecule has 1 aliphatic rings. The molecule has 0 bridgehead atoms. The lowest BCUT2D eigenvalue weighted by Crippen LogP contribution is -2.37. The van der Waals surface area contributed by atoms with Crippen LogP contribution in [0.15, 0.2) is 29.1 Å². The van der Waals surface area contributed by atoms with Gasteiger partial charge in [-0.2, -0.15) is 23.5 Å². The van der Waals surface area contributed by atoms with Gasteiger partial charge in [-0.15, -0.1) is 0 Å². The molecule has 170 valence electrons. The van der Waals surface area contributed by atoms with E-state index in [2.05, 4.69) is 25.6 Å². The summed E-state index contributed by atoms with van der Waals surface area (Å²) >= 11 is 3.72. The van der Waals surface area contributed by atoms with Crippen molar-refractivity contribution >= 4 is 41.0 Å². The zero-order valence-corrected chi connectivity index (χ0v) is 20.2. The molecule has 0 saturated heterocycles. The molecule has 0 fully saturated rings. The first-order valence-corrected chi connectivity index (χ1v) is 12.6. The molecule has 0 spiro atoms. The van der Waals surface area contributed by atoms with Crippen molar-refractivity contribution in [3.05, 3.63) is 24.0 Å². The maximum absolute atomic E-state index is 13.0. The van der Waals surface area contributed by atoms with Crippen LogP contribution in [-0.4, -0.2) is 58.8 Å². The third-order valence-corrected chi connectivity index (χ3v) is 7.18. The van der Waals surface area contributed by atoms with E-state index >= 15 is 0 Å². The van der Waals surface area contributed by atoms with Crippen LogP contribution in [0, 0.1) is 11.8 Å². The zero-order valence-electron chi connectivity index (χ0n) is 18.5. The standard InChI is InChI=1S/C22H35NO5S2/c1-6-9-17(23-28-10-7-2)20-18(24)14-16(19(21(20)25)22(26)27-5)13-15(4)30-12-11-29-8-3/h7,15-16,19,25H,2,6,8-14H2,1,3-5H3. The van der Waals surface area contributed by atoms with Gasteiger partial charge in [-0.3, -0.25) is 9.59 Å².